The fourth-order valence-corrected chi connectivity index (χ4v) is 1.91. The van der Waals surface area contributed by atoms with Gasteiger partial charge in [0.15, 0.2) is 6.04 Å². The first-order valence-electron chi connectivity index (χ1n) is 5.01. The van der Waals surface area contributed by atoms with E-state index in [0.29, 0.717) is 5.71 Å². The zero-order valence-corrected chi connectivity index (χ0v) is 8.38. The van der Waals surface area contributed by atoms with E-state index in [4.69, 9.17) is 0 Å². The highest BCUT2D eigenvalue weighted by Gasteiger charge is 2.42. The Morgan fingerprint density at radius 1 is 1.25 bits per heavy atom. The van der Waals surface area contributed by atoms with Crippen LogP contribution in [-0.4, -0.2) is 23.6 Å². The van der Waals surface area contributed by atoms with Crippen LogP contribution < -0.4 is 10.3 Å². The topological polar surface area (TPSA) is 61.8 Å². The van der Waals surface area contributed by atoms with Gasteiger partial charge in [-0.3, -0.25) is 9.59 Å². The first-order valence-corrected chi connectivity index (χ1v) is 5.01. The predicted octanol–water partition coefficient (Wildman–Crippen LogP) is 0.278. The molecule has 2 aliphatic heterocycles. The van der Waals surface area contributed by atoms with Gasteiger partial charge in [-0.25, -0.2) is 0 Å². The second-order valence-corrected chi connectivity index (χ2v) is 3.75. The van der Waals surface area contributed by atoms with Crippen LogP contribution in [0.4, 0.5) is 5.69 Å². The van der Waals surface area contributed by atoms with Crippen LogP contribution in [-0.2, 0) is 9.59 Å². The number of benzene rings is 1. The van der Waals surface area contributed by atoms with Crippen LogP contribution in [0.5, 0.6) is 0 Å². The van der Waals surface area contributed by atoms with Gasteiger partial charge < -0.3 is 5.32 Å². The van der Waals surface area contributed by atoms with E-state index in [9.17, 15) is 9.59 Å². The number of para-hydroxylation sites is 1. The number of rotatable bonds is 1. The van der Waals surface area contributed by atoms with Crippen molar-refractivity contribution >= 4 is 23.2 Å². The van der Waals surface area contributed by atoms with Crippen molar-refractivity contribution in [2.45, 2.75) is 12.5 Å². The summed E-state index contributed by atoms with van der Waals surface area (Å²) in [6.07, 6.45) is 0.222. The first-order chi connectivity index (χ1) is 7.75. The van der Waals surface area contributed by atoms with Crippen molar-refractivity contribution in [2.24, 2.45) is 5.10 Å². The highest BCUT2D eigenvalue weighted by Crippen LogP contribution is 2.23. The number of nitrogens with zero attached hydrogens (tertiary/aromatic N) is 2. The summed E-state index contributed by atoms with van der Waals surface area (Å²) in [5.74, 6) is -0.322. The third-order valence-electron chi connectivity index (χ3n) is 2.67. The molecule has 1 fully saturated rings. The SMILES string of the molecule is O=C1CC2=NN(c3ccccc3)C(=O)C2N1. The molecule has 0 radical (unpaired) electrons. The zero-order chi connectivity index (χ0) is 11.1. The summed E-state index contributed by atoms with van der Waals surface area (Å²) in [5, 5.41) is 8.12. The van der Waals surface area contributed by atoms with Crippen molar-refractivity contribution < 1.29 is 9.59 Å². The number of nitrogens with one attached hydrogen (secondary N) is 1. The molecule has 0 aromatic heterocycles. The minimum atomic E-state index is -0.548. The molecular weight excluding hydrogens is 206 g/mol. The van der Waals surface area contributed by atoms with Gasteiger partial charge in [-0.15, -0.1) is 0 Å². The van der Waals surface area contributed by atoms with Gasteiger partial charge >= 0.3 is 0 Å². The Bertz CT molecular complexity index is 495. The van der Waals surface area contributed by atoms with Gasteiger partial charge in [-0.05, 0) is 12.1 Å². The van der Waals surface area contributed by atoms with Gasteiger partial charge in [0.2, 0.25) is 5.91 Å². The number of carbonyl (C=O) groups excluding carboxylic acids is 2. The second kappa shape index (κ2) is 3.16. The number of anilines is 1. The Morgan fingerprint density at radius 2 is 2.00 bits per heavy atom. The van der Waals surface area contributed by atoms with Crippen LogP contribution in [0.25, 0.3) is 0 Å². The lowest BCUT2D eigenvalue weighted by molar-refractivity contribution is -0.123. The smallest absolute Gasteiger partial charge is 0.275 e. The Balaban J connectivity index is 1.96. The lowest BCUT2D eigenvalue weighted by Gasteiger charge is -2.13. The predicted molar refractivity (Wildman–Crippen MR) is 57.9 cm³/mol. The number of hydrogen-bond donors (Lipinski definition) is 1. The largest absolute Gasteiger partial charge is 0.339 e. The molecule has 2 aliphatic rings. The fourth-order valence-electron chi connectivity index (χ4n) is 1.91. The highest BCUT2D eigenvalue weighted by atomic mass is 16.2. The van der Waals surface area contributed by atoms with Gasteiger partial charge in [0, 0.05) is 0 Å². The standard InChI is InChI=1S/C11H9N3O2/c15-9-6-8-10(12-9)11(16)14(13-8)7-4-2-1-3-5-7/h1-5,10H,6H2,(H,12,15). The van der Waals surface area contributed by atoms with Crippen molar-refractivity contribution in [3.8, 4) is 0 Å². The van der Waals surface area contributed by atoms with Gasteiger partial charge in [0.05, 0.1) is 17.8 Å². The minimum absolute atomic E-state index is 0.134. The van der Waals surface area contributed by atoms with Crippen LogP contribution >= 0.6 is 0 Å². The molecule has 1 unspecified atom stereocenters. The summed E-state index contributed by atoms with van der Waals surface area (Å²) >= 11 is 0. The number of amides is 2. The van der Waals surface area contributed by atoms with Crippen molar-refractivity contribution in [3.63, 3.8) is 0 Å². The maximum Gasteiger partial charge on any atom is 0.275 e. The molecule has 1 atom stereocenters. The molecule has 0 spiro atoms. The number of carbonyl (C=O) groups is 2. The van der Waals surface area contributed by atoms with Crippen LogP contribution in [0.15, 0.2) is 35.4 Å². The van der Waals surface area contributed by atoms with Crippen LogP contribution in [0.1, 0.15) is 6.42 Å². The van der Waals surface area contributed by atoms with Gasteiger partial charge in [-0.2, -0.15) is 10.1 Å². The normalized spacial score (nSPS) is 23.1. The molecule has 1 N–H and O–H groups in total. The van der Waals surface area contributed by atoms with Crippen molar-refractivity contribution in [1.82, 2.24) is 5.32 Å². The maximum absolute atomic E-state index is 11.9. The number of fused-ring (bicyclic) bond motifs is 1. The summed E-state index contributed by atoms with van der Waals surface area (Å²) in [6, 6.07) is 8.63. The highest BCUT2D eigenvalue weighted by molar-refractivity contribution is 6.27. The van der Waals surface area contributed by atoms with E-state index in [-0.39, 0.29) is 18.2 Å². The molecule has 2 amide bonds. The van der Waals surface area contributed by atoms with Crippen LogP contribution in [0, 0.1) is 0 Å². The van der Waals surface area contributed by atoms with Gasteiger partial charge in [0.25, 0.3) is 5.91 Å². The Hall–Kier alpha value is -2.17. The third kappa shape index (κ3) is 1.21. The van der Waals surface area contributed by atoms with Crippen molar-refractivity contribution in [3.05, 3.63) is 30.3 Å². The number of hydrazone groups is 1. The van der Waals surface area contributed by atoms with E-state index in [2.05, 4.69) is 10.4 Å². The van der Waals surface area contributed by atoms with Crippen molar-refractivity contribution in [2.75, 3.05) is 5.01 Å². The first kappa shape index (κ1) is 9.08. The van der Waals surface area contributed by atoms with Crippen LogP contribution in [0.2, 0.25) is 0 Å². The molecule has 2 heterocycles. The lowest BCUT2D eigenvalue weighted by Crippen LogP contribution is -2.39. The monoisotopic (exact) mass is 215 g/mol. The zero-order valence-electron chi connectivity index (χ0n) is 8.38. The molecule has 0 bridgehead atoms. The molecule has 5 nitrogen and oxygen atoms in total. The molecular formula is C11H9N3O2. The average Bonchev–Trinajstić information content (AvgIpc) is 2.79. The molecule has 1 saturated heterocycles. The fraction of sp³-hybridized carbons (Fsp3) is 0.182. The molecule has 0 saturated carbocycles. The van der Waals surface area contributed by atoms with E-state index >= 15 is 0 Å². The Labute approximate surface area is 91.7 Å². The molecule has 3 rings (SSSR count). The number of hydrogen-bond acceptors (Lipinski definition) is 3. The summed E-state index contributed by atoms with van der Waals surface area (Å²) in [5.41, 5.74) is 1.34. The molecule has 1 aromatic rings. The lowest BCUT2D eigenvalue weighted by atomic mass is 10.2. The quantitative estimate of drug-likeness (QED) is 0.731. The van der Waals surface area contributed by atoms with E-state index in [1.54, 1.807) is 0 Å². The Morgan fingerprint density at radius 3 is 2.69 bits per heavy atom. The second-order valence-electron chi connectivity index (χ2n) is 3.75. The molecule has 80 valence electrons. The summed E-state index contributed by atoms with van der Waals surface area (Å²) in [7, 11) is 0. The molecule has 5 heteroatoms. The van der Waals surface area contributed by atoms with E-state index in [1.807, 2.05) is 30.3 Å². The van der Waals surface area contributed by atoms with Crippen molar-refractivity contribution in [1.29, 1.82) is 0 Å². The summed E-state index contributed by atoms with van der Waals surface area (Å²) < 4.78 is 0. The minimum Gasteiger partial charge on any atom is -0.339 e. The summed E-state index contributed by atoms with van der Waals surface area (Å²) in [4.78, 5) is 23.0. The van der Waals surface area contributed by atoms with Gasteiger partial charge in [0.1, 0.15) is 0 Å². The van der Waals surface area contributed by atoms with E-state index in [1.165, 1.54) is 5.01 Å². The maximum atomic E-state index is 11.9. The van der Waals surface area contributed by atoms with E-state index < -0.39 is 6.04 Å². The average molecular weight is 215 g/mol. The molecule has 0 aliphatic carbocycles. The van der Waals surface area contributed by atoms with E-state index in [0.717, 1.165) is 5.69 Å². The summed E-state index contributed by atoms with van der Waals surface area (Å²) in [6.45, 7) is 0. The third-order valence-corrected chi connectivity index (χ3v) is 2.67. The molecule has 1 aromatic carbocycles. The Kier molecular flexibility index (Phi) is 1.80. The van der Waals surface area contributed by atoms with Crippen LogP contribution in [0.3, 0.4) is 0 Å². The molecule has 16 heavy (non-hydrogen) atoms. The van der Waals surface area contributed by atoms with Gasteiger partial charge in [-0.1, -0.05) is 18.2 Å².